The van der Waals surface area contributed by atoms with Crippen LogP contribution in [0.2, 0.25) is 0 Å². The number of nitrogens with zero attached hydrogens (tertiary/aromatic N) is 3. The Labute approximate surface area is 202 Å². The Bertz CT molecular complexity index is 1200. The van der Waals surface area contributed by atoms with E-state index < -0.39 is 0 Å². The molecule has 34 heavy (non-hydrogen) atoms. The third-order valence-corrected chi connectivity index (χ3v) is 9.34. The van der Waals surface area contributed by atoms with Gasteiger partial charge in [-0.1, -0.05) is 11.3 Å². The summed E-state index contributed by atoms with van der Waals surface area (Å²) in [5.74, 6) is 4.07. The third-order valence-electron chi connectivity index (χ3n) is 8.45. The summed E-state index contributed by atoms with van der Waals surface area (Å²) in [6.45, 7) is 4.14. The smallest absolute Gasteiger partial charge is 0.281 e. The van der Waals surface area contributed by atoms with E-state index in [1.807, 2.05) is 36.4 Å². The lowest BCUT2D eigenvalue weighted by Crippen LogP contribution is -2.53. The second kappa shape index (κ2) is 7.39. The predicted molar refractivity (Wildman–Crippen MR) is 129 cm³/mol. The lowest BCUT2D eigenvalue weighted by Gasteiger charge is -2.45. The quantitative estimate of drug-likeness (QED) is 0.524. The van der Waals surface area contributed by atoms with Gasteiger partial charge in [0.05, 0.1) is 4.70 Å². The molecule has 176 valence electrons. The summed E-state index contributed by atoms with van der Waals surface area (Å²) in [5, 5.41) is 3.66. The van der Waals surface area contributed by atoms with Crippen molar-refractivity contribution >= 4 is 27.6 Å². The minimum atomic E-state index is 0.0892. The van der Waals surface area contributed by atoms with Gasteiger partial charge in [-0.05, 0) is 79.8 Å². The van der Waals surface area contributed by atoms with Crippen molar-refractivity contribution < 1.29 is 14.3 Å². The van der Waals surface area contributed by atoms with Crippen LogP contribution in [0.4, 0.5) is 0 Å². The summed E-state index contributed by atoms with van der Waals surface area (Å²) < 4.78 is 13.1. The van der Waals surface area contributed by atoms with Crippen LogP contribution in [0.3, 0.4) is 0 Å². The number of thiazole rings is 1. The van der Waals surface area contributed by atoms with Gasteiger partial charge in [-0.2, -0.15) is 4.98 Å². The molecule has 2 bridgehead atoms. The first-order chi connectivity index (χ1) is 16.6. The number of piperidine rings is 3. The lowest BCUT2D eigenvalue weighted by molar-refractivity contribution is -0.119. The predicted octanol–water partition coefficient (Wildman–Crippen LogP) is 4.24. The van der Waals surface area contributed by atoms with Gasteiger partial charge in [0.1, 0.15) is 18.1 Å². The number of aromatic nitrogens is 2. The molecule has 8 heteroatoms. The van der Waals surface area contributed by atoms with Crippen molar-refractivity contribution in [3.8, 4) is 16.7 Å². The van der Waals surface area contributed by atoms with E-state index in [9.17, 15) is 4.79 Å². The molecule has 1 aromatic carbocycles. The van der Waals surface area contributed by atoms with Gasteiger partial charge in [0.2, 0.25) is 5.91 Å². The van der Waals surface area contributed by atoms with E-state index in [0.29, 0.717) is 34.4 Å². The molecule has 2 aliphatic heterocycles. The number of ether oxygens (including phenoxy) is 2. The van der Waals surface area contributed by atoms with Crippen LogP contribution in [-0.2, 0) is 4.79 Å². The van der Waals surface area contributed by atoms with Gasteiger partial charge in [0.15, 0.2) is 5.65 Å². The molecule has 5 atom stereocenters. The van der Waals surface area contributed by atoms with E-state index in [1.165, 1.54) is 37.0 Å². The number of benzene rings is 1. The fourth-order valence-corrected chi connectivity index (χ4v) is 7.93. The van der Waals surface area contributed by atoms with Crippen LogP contribution >= 0.6 is 11.3 Å². The zero-order chi connectivity index (χ0) is 22.9. The first-order valence-corrected chi connectivity index (χ1v) is 13.0. The third kappa shape index (κ3) is 3.22. The Hall–Kier alpha value is -2.71. The first kappa shape index (κ1) is 20.6. The van der Waals surface area contributed by atoms with Crippen molar-refractivity contribution in [3.05, 3.63) is 42.6 Å². The van der Waals surface area contributed by atoms with Crippen molar-refractivity contribution in [2.75, 3.05) is 19.7 Å². The Balaban J connectivity index is 0.953. The van der Waals surface area contributed by atoms with E-state index in [4.69, 9.17) is 9.47 Å². The summed E-state index contributed by atoms with van der Waals surface area (Å²) in [6.07, 6.45) is 6.86. The van der Waals surface area contributed by atoms with E-state index in [0.717, 1.165) is 41.1 Å². The molecule has 1 N–H and O–H groups in total. The number of carbonyl (C=O) groups excluding carboxylic acids is 1. The first-order valence-electron chi connectivity index (χ1n) is 12.2. The van der Waals surface area contributed by atoms with Crippen LogP contribution < -0.4 is 14.8 Å². The standard InChI is InChI=1S/C26H28N4O3S/c1-16(31)28-15-17-11-25-13-20(25)21-14-26(21,12-17)30(25)9-10-32-18-4-6-19(7-5-18)33-24-29-23-22(34-24)3-2-8-27-23/h2-8,17,20-21H,9-15H2,1H3,(H,28,31)/t17?,20-,21+,25-,26?/m1/s1. The minimum Gasteiger partial charge on any atom is -0.492 e. The molecule has 4 aliphatic rings. The van der Waals surface area contributed by atoms with Crippen LogP contribution in [0.1, 0.15) is 32.6 Å². The fraction of sp³-hybridized carbons (Fsp3) is 0.500. The van der Waals surface area contributed by atoms with Gasteiger partial charge >= 0.3 is 0 Å². The highest BCUT2D eigenvalue weighted by Gasteiger charge is 2.84. The number of amides is 1. The highest BCUT2D eigenvalue weighted by atomic mass is 32.1. The Morgan fingerprint density at radius 1 is 1.12 bits per heavy atom. The molecule has 1 amide bonds. The summed E-state index contributed by atoms with van der Waals surface area (Å²) in [6, 6.07) is 11.7. The molecular formula is C26H28N4O3S. The number of pyridine rings is 1. The summed E-state index contributed by atoms with van der Waals surface area (Å²) >= 11 is 1.49. The van der Waals surface area contributed by atoms with Crippen molar-refractivity contribution in [3.63, 3.8) is 0 Å². The number of hydrogen-bond acceptors (Lipinski definition) is 7. The minimum absolute atomic E-state index is 0.0892. The molecule has 2 aliphatic carbocycles. The fourth-order valence-electron chi connectivity index (χ4n) is 7.13. The van der Waals surface area contributed by atoms with Crippen molar-refractivity contribution in [1.82, 2.24) is 20.2 Å². The maximum absolute atomic E-state index is 11.4. The van der Waals surface area contributed by atoms with Crippen LogP contribution in [0, 0.1) is 17.8 Å². The molecule has 7 nitrogen and oxygen atoms in total. The van der Waals surface area contributed by atoms with Gasteiger partial charge in [0, 0.05) is 37.3 Å². The van der Waals surface area contributed by atoms with Gasteiger partial charge in [-0.3, -0.25) is 9.69 Å². The van der Waals surface area contributed by atoms with E-state index in [-0.39, 0.29) is 5.91 Å². The van der Waals surface area contributed by atoms with E-state index in [2.05, 4.69) is 20.2 Å². The van der Waals surface area contributed by atoms with Crippen LogP contribution in [-0.4, -0.2) is 51.5 Å². The monoisotopic (exact) mass is 476 g/mol. The van der Waals surface area contributed by atoms with Crippen molar-refractivity contribution in [1.29, 1.82) is 0 Å². The number of nitrogens with one attached hydrogen (secondary N) is 1. The highest BCUT2D eigenvalue weighted by molar-refractivity contribution is 7.20. The van der Waals surface area contributed by atoms with Crippen molar-refractivity contribution in [2.24, 2.45) is 17.8 Å². The molecule has 3 aromatic rings. The normalized spacial score (nSPS) is 32.7. The molecule has 0 radical (unpaired) electrons. The zero-order valence-corrected chi connectivity index (χ0v) is 20.0. The molecule has 4 fully saturated rings. The average molecular weight is 477 g/mol. The molecule has 2 aromatic heterocycles. The Morgan fingerprint density at radius 2 is 1.85 bits per heavy atom. The Morgan fingerprint density at radius 3 is 2.56 bits per heavy atom. The topological polar surface area (TPSA) is 76.6 Å². The lowest BCUT2D eigenvalue weighted by atomic mass is 9.84. The molecule has 7 rings (SSSR count). The maximum Gasteiger partial charge on any atom is 0.281 e. The van der Waals surface area contributed by atoms with Crippen LogP contribution in [0.5, 0.6) is 16.7 Å². The zero-order valence-electron chi connectivity index (χ0n) is 19.2. The second-order valence-corrected chi connectivity index (χ2v) is 11.4. The van der Waals surface area contributed by atoms with E-state index >= 15 is 0 Å². The summed E-state index contributed by atoms with van der Waals surface area (Å²) in [4.78, 5) is 22.9. The molecular weight excluding hydrogens is 448 g/mol. The van der Waals surface area contributed by atoms with Gasteiger partial charge < -0.3 is 14.8 Å². The van der Waals surface area contributed by atoms with E-state index in [1.54, 1.807) is 13.1 Å². The van der Waals surface area contributed by atoms with Gasteiger partial charge in [-0.15, -0.1) is 0 Å². The number of rotatable bonds is 8. The second-order valence-electron chi connectivity index (χ2n) is 10.4. The average Bonchev–Trinajstić information content (AvgIpc) is 3.65. The molecule has 2 saturated carbocycles. The molecule has 2 spiro atoms. The van der Waals surface area contributed by atoms with Crippen LogP contribution in [0.15, 0.2) is 42.6 Å². The molecule has 2 saturated heterocycles. The summed E-state index contributed by atoms with van der Waals surface area (Å²) in [7, 11) is 0. The summed E-state index contributed by atoms with van der Waals surface area (Å²) in [5.41, 5.74) is 1.49. The SMILES string of the molecule is CC(=O)NCC1CC23C[C@H]2[C@H]2C[C@@]2(C1)N3CCOc1ccc(Oc2nc3ncccc3s2)cc1. The maximum atomic E-state index is 11.4. The van der Waals surface area contributed by atoms with Crippen molar-refractivity contribution in [2.45, 2.75) is 43.7 Å². The molecule has 2 unspecified atom stereocenters. The number of carbonyl (C=O) groups is 1. The number of fused-ring (bicyclic) bond motifs is 2. The van der Waals surface area contributed by atoms with Crippen LogP contribution in [0.25, 0.3) is 10.3 Å². The number of hydrogen-bond donors (Lipinski definition) is 1. The van der Waals surface area contributed by atoms with Gasteiger partial charge in [0.25, 0.3) is 5.19 Å². The Kier molecular flexibility index (Phi) is 4.49. The molecule has 4 heterocycles. The largest absolute Gasteiger partial charge is 0.492 e. The van der Waals surface area contributed by atoms with Gasteiger partial charge in [-0.25, -0.2) is 4.98 Å². The highest BCUT2D eigenvalue weighted by Crippen LogP contribution is 2.80.